The minimum absolute atomic E-state index is 0.0133. The number of hydrogen-bond donors (Lipinski definition) is 2. The predicted molar refractivity (Wildman–Crippen MR) is 74.0 cm³/mol. The van der Waals surface area contributed by atoms with Crippen molar-refractivity contribution >= 4 is 12.0 Å². The lowest BCUT2D eigenvalue weighted by Crippen LogP contribution is -2.47. The molecule has 2 amide bonds. The molecule has 0 radical (unpaired) electrons. The third kappa shape index (κ3) is 4.73. The van der Waals surface area contributed by atoms with Gasteiger partial charge in [-0.05, 0) is 25.7 Å². The standard InChI is InChI=1S/C14H26N2O3/c1-10(2)12(13(17)18)9-15-14(19)16-8-6-4-5-7-11(16)3/h10-12H,4-9H2,1-3H3,(H,15,19)(H,17,18). The summed E-state index contributed by atoms with van der Waals surface area (Å²) in [5, 5.41) is 11.9. The molecule has 19 heavy (non-hydrogen) atoms. The number of nitrogens with one attached hydrogen (secondary N) is 1. The van der Waals surface area contributed by atoms with Crippen LogP contribution in [-0.2, 0) is 4.79 Å². The van der Waals surface area contributed by atoms with Crippen LogP contribution in [0, 0.1) is 11.8 Å². The number of nitrogens with zero attached hydrogens (tertiary/aromatic N) is 1. The van der Waals surface area contributed by atoms with Crippen molar-refractivity contribution in [3.63, 3.8) is 0 Å². The highest BCUT2D eigenvalue weighted by Crippen LogP contribution is 2.16. The Hall–Kier alpha value is -1.26. The molecule has 5 heteroatoms. The zero-order valence-electron chi connectivity index (χ0n) is 12.2. The molecular weight excluding hydrogens is 244 g/mol. The van der Waals surface area contributed by atoms with Crippen molar-refractivity contribution in [2.24, 2.45) is 11.8 Å². The van der Waals surface area contributed by atoms with Crippen LogP contribution in [0.15, 0.2) is 0 Å². The average Bonchev–Trinajstić information content (AvgIpc) is 2.52. The first-order chi connectivity index (χ1) is 8.93. The van der Waals surface area contributed by atoms with E-state index in [1.54, 1.807) is 0 Å². The third-order valence-electron chi connectivity index (χ3n) is 3.91. The average molecular weight is 270 g/mol. The number of carboxylic acid groups (broad SMARTS) is 1. The molecule has 1 rings (SSSR count). The largest absolute Gasteiger partial charge is 0.481 e. The zero-order chi connectivity index (χ0) is 14.4. The molecule has 0 aromatic rings. The maximum atomic E-state index is 12.1. The van der Waals surface area contributed by atoms with Gasteiger partial charge in [0.1, 0.15) is 0 Å². The number of carbonyl (C=O) groups excluding carboxylic acids is 1. The van der Waals surface area contributed by atoms with Crippen LogP contribution in [0.4, 0.5) is 4.79 Å². The second kappa shape index (κ2) is 7.36. The van der Waals surface area contributed by atoms with Crippen LogP contribution in [0.25, 0.3) is 0 Å². The summed E-state index contributed by atoms with van der Waals surface area (Å²) in [5.74, 6) is -1.36. The number of urea groups is 1. The maximum absolute atomic E-state index is 12.1. The summed E-state index contributed by atoms with van der Waals surface area (Å²) in [6.07, 6.45) is 4.39. The Labute approximate surface area is 115 Å². The van der Waals surface area contributed by atoms with Gasteiger partial charge in [-0.3, -0.25) is 4.79 Å². The summed E-state index contributed by atoms with van der Waals surface area (Å²) in [4.78, 5) is 25.1. The molecule has 1 heterocycles. The Balaban J connectivity index is 2.51. The Bertz CT molecular complexity index is 318. The minimum atomic E-state index is -0.848. The predicted octanol–water partition coefficient (Wildman–Crippen LogP) is 2.32. The fraction of sp³-hybridized carbons (Fsp3) is 0.857. The molecular formula is C14H26N2O3. The molecule has 2 unspecified atom stereocenters. The molecule has 110 valence electrons. The SMILES string of the molecule is CC(C)C(CNC(=O)N1CCCCCC1C)C(=O)O. The Kier molecular flexibility index (Phi) is 6.12. The summed E-state index contributed by atoms with van der Waals surface area (Å²) >= 11 is 0. The molecule has 5 nitrogen and oxygen atoms in total. The van der Waals surface area contributed by atoms with Gasteiger partial charge in [-0.2, -0.15) is 0 Å². The highest BCUT2D eigenvalue weighted by molar-refractivity contribution is 5.76. The maximum Gasteiger partial charge on any atom is 0.317 e. The first-order valence-electron chi connectivity index (χ1n) is 7.20. The van der Waals surface area contributed by atoms with Gasteiger partial charge in [-0.25, -0.2) is 4.79 Å². The molecule has 1 fully saturated rings. The normalized spacial score (nSPS) is 21.9. The lowest BCUT2D eigenvalue weighted by atomic mass is 9.96. The third-order valence-corrected chi connectivity index (χ3v) is 3.91. The van der Waals surface area contributed by atoms with E-state index in [4.69, 9.17) is 5.11 Å². The van der Waals surface area contributed by atoms with E-state index >= 15 is 0 Å². The molecule has 0 bridgehead atoms. The summed E-state index contributed by atoms with van der Waals surface area (Å²) in [7, 11) is 0. The van der Waals surface area contributed by atoms with E-state index in [0.717, 1.165) is 32.2 Å². The molecule has 2 N–H and O–H groups in total. The van der Waals surface area contributed by atoms with Gasteiger partial charge in [0.25, 0.3) is 0 Å². The molecule has 0 aromatic heterocycles. The topological polar surface area (TPSA) is 69.6 Å². The lowest BCUT2D eigenvalue weighted by molar-refractivity contribution is -0.142. The fourth-order valence-electron chi connectivity index (χ4n) is 2.48. The fourth-order valence-corrected chi connectivity index (χ4v) is 2.48. The van der Waals surface area contributed by atoms with E-state index in [9.17, 15) is 9.59 Å². The molecule has 0 aliphatic carbocycles. The Morgan fingerprint density at radius 1 is 1.32 bits per heavy atom. The lowest BCUT2D eigenvalue weighted by Gasteiger charge is -2.28. The number of likely N-dealkylation sites (tertiary alicyclic amines) is 1. The van der Waals surface area contributed by atoms with Crippen LogP contribution in [0.2, 0.25) is 0 Å². The molecule has 0 aromatic carbocycles. The molecule has 1 aliphatic rings. The highest BCUT2D eigenvalue weighted by atomic mass is 16.4. The summed E-state index contributed by atoms with van der Waals surface area (Å²) < 4.78 is 0. The van der Waals surface area contributed by atoms with Gasteiger partial charge >= 0.3 is 12.0 Å². The molecule has 2 atom stereocenters. The van der Waals surface area contributed by atoms with Crippen molar-refractivity contribution in [3.8, 4) is 0 Å². The van der Waals surface area contributed by atoms with Crippen molar-refractivity contribution in [2.45, 2.75) is 52.5 Å². The molecule has 0 spiro atoms. The van der Waals surface area contributed by atoms with Crippen LogP contribution in [0.3, 0.4) is 0 Å². The van der Waals surface area contributed by atoms with Gasteiger partial charge < -0.3 is 15.3 Å². The van der Waals surface area contributed by atoms with Crippen molar-refractivity contribution in [3.05, 3.63) is 0 Å². The van der Waals surface area contributed by atoms with Crippen molar-refractivity contribution < 1.29 is 14.7 Å². The summed E-state index contributed by atoms with van der Waals surface area (Å²) in [5.41, 5.74) is 0. The van der Waals surface area contributed by atoms with Gasteiger partial charge in [0, 0.05) is 19.1 Å². The number of carbonyl (C=O) groups is 2. The van der Waals surface area contributed by atoms with E-state index in [1.165, 1.54) is 0 Å². The van der Waals surface area contributed by atoms with Gasteiger partial charge in [-0.1, -0.05) is 26.7 Å². The quantitative estimate of drug-likeness (QED) is 0.823. The van der Waals surface area contributed by atoms with Crippen LogP contribution in [0.5, 0.6) is 0 Å². The summed E-state index contributed by atoms with van der Waals surface area (Å²) in [6.45, 7) is 6.75. The van der Waals surface area contributed by atoms with Gasteiger partial charge in [0.15, 0.2) is 0 Å². The first-order valence-corrected chi connectivity index (χ1v) is 7.20. The Morgan fingerprint density at radius 2 is 2.00 bits per heavy atom. The highest BCUT2D eigenvalue weighted by Gasteiger charge is 2.25. The van der Waals surface area contributed by atoms with E-state index in [0.29, 0.717) is 0 Å². The van der Waals surface area contributed by atoms with Crippen LogP contribution >= 0.6 is 0 Å². The van der Waals surface area contributed by atoms with E-state index in [1.807, 2.05) is 18.7 Å². The smallest absolute Gasteiger partial charge is 0.317 e. The number of aliphatic carboxylic acids is 1. The molecule has 1 saturated heterocycles. The monoisotopic (exact) mass is 270 g/mol. The molecule has 0 saturated carbocycles. The van der Waals surface area contributed by atoms with Gasteiger partial charge in [0.2, 0.25) is 0 Å². The number of carboxylic acids is 1. The van der Waals surface area contributed by atoms with Gasteiger partial charge in [0.05, 0.1) is 5.92 Å². The first kappa shape index (κ1) is 15.8. The summed E-state index contributed by atoms with van der Waals surface area (Å²) in [6, 6.07) is 0.117. The Morgan fingerprint density at radius 3 is 2.58 bits per heavy atom. The van der Waals surface area contributed by atoms with E-state index < -0.39 is 11.9 Å². The minimum Gasteiger partial charge on any atom is -0.481 e. The molecule has 1 aliphatic heterocycles. The van der Waals surface area contributed by atoms with Crippen molar-refractivity contribution in [1.29, 1.82) is 0 Å². The van der Waals surface area contributed by atoms with E-state index in [-0.39, 0.29) is 24.5 Å². The number of hydrogen-bond acceptors (Lipinski definition) is 2. The van der Waals surface area contributed by atoms with Crippen LogP contribution < -0.4 is 5.32 Å². The van der Waals surface area contributed by atoms with Crippen molar-refractivity contribution in [2.75, 3.05) is 13.1 Å². The van der Waals surface area contributed by atoms with E-state index in [2.05, 4.69) is 12.2 Å². The second-order valence-electron chi connectivity index (χ2n) is 5.77. The number of amides is 2. The van der Waals surface area contributed by atoms with Crippen molar-refractivity contribution in [1.82, 2.24) is 10.2 Å². The zero-order valence-corrected chi connectivity index (χ0v) is 12.2. The van der Waals surface area contributed by atoms with Crippen LogP contribution in [0.1, 0.15) is 46.5 Å². The van der Waals surface area contributed by atoms with Gasteiger partial charge in [-0.15, -0.1) is 0 Å². The number of rotatable bonds is 4. The second-order valence-corrected chi connectivity index (χ2v) is 5.77. The van der Waals surface area contributed by atoms with Crippen LogP contribution in [-0.4, -0.2) is 41.1 Å².